The Morgan fingerprint density at radius 2 is 1.39 bits per heavy atom. The molecule has 0 saturated heterocycles. The predicted octanol–water partition coefficient (Wildman–Crippen LogP) is 3.78. The van der Waals surface area contributed by atoms with E-state index in [1.807, 2.05) is 67.6 Å². The zero-order valence-corrected chi connectivity index (χ0v) is 17.9. The fraction of sp³-hybridized carbons (Fsp3) is 0.208. The average Bonchev–Trinajstić information content (AvgIpc) is 2.78. The molecular weight excluding hydrogens is 416 g/mol. The van der Waals surface area contributed by atoms with Crippen molar-refractivity contribution in [2.24, 2.45) is 0 Å². The van der Waals surface area contributed by atoms with Crippen LogP contribution in [0.25, 0.3) is 0 Å². The van der Waals surface area contributed by atoms with Crippen molar-refractivity contribution in [2.45, 2.75) is 30.4 Å². The standard InChI is InChI=1S/C24H24O6S/c1-18-12-14-22(15-13-18)31(27,28)29-17-21(25)16-23(26)30-24(19-8-4-2-5-9-19)20-10-6-3-7-11-20/h2-15,21,24-25H,16-17H2,1H3. The Labute approximate surface area is 182 Å². The van der Waals surface area contributed by atoms with E-state index in [-0.39, 0.29) is 4.90 Å². The molecule has 0 aliphatic heterocycles. The third-order valence-electron chi connectivity index (χ3n) is 4.58. The molecule has 0 amide bonds. The Hall–Kier alpha value is -3.00. The molecule has 0 aliphatic carbocycles. The lowest BCUT2D eigenvalue weighted by Gasteiger charge is -2.20. The van der Waals surface area contributed by atoms with Crippen molar-refractivity contribution in [1.29, 1.82) is 0 Å². The van der Waals surface area contributed by atoms with Gasteiger partial charge in [-0.25, -0.2) is 0 Å². The van der Waals surface area contributed by atoms with Crippen LogP contribution in [0.5, 0.6) is 0 Å². The van der Waals surface area contributed by atoms with Crippen molar-refractivity contribution in [1.82, 2.24) is 0 Å². The van der Waals surface area contributed by atoms with Gasteiger partial charge in [-0.1, -0.05) is 78.4 Å². The van der Waals surface area contributed by atoms with E-state index < -0.39 is 41.3 Å². The Bertz CT molecular complexity index is 1040. The molecular formula is C24H24O6S. The maximum Gasteiger partial charge on any atom is 0.309 e. The molecule has 1 unspecified atom stereocenters. The van der Waals surface area contributed by atoms with Crippen LogP contribution in [0.4, 0.5) is 0 Å². The zero-order chi connectivity index (χ0) is 22.3. The van der Waals surface area contributed by atoms with Crippen molar-refractivity contribution in [3.05, 3.63) is 102 Å². The highest BCUT2D eigenvalue weighted by Crippen LogP contribution is 2.26. The van der Waals surface area contributed by atoms with Crippen LogP contribution in [-0.2, 0) is 23.8 Å². The molecule has 31 heavy (non-hydrogen) atoms. The average molecular weight is 441 g/mol. The molecule has 1 atom stereocenters. The highest BCUT2D eigenvalue weighted by molar-refractivity contribution is 7.86. The summed E-state index contributed by atoms with van der Waals surface area (Å²) in [5.74, 6) is -0.665. The van der Waals surface area contributed by atoms with E-state index in [2.05, 4.69) is 0 Å². The number of aryl methyl sites for hydroxylation is 1. The minimum absolute atomic E-state index is 0.0129. The summed E-state index contributed by atoms with van der Waals surface area (Å²) >= 11 is 0. The number of hydrogen-bond donors (Lipinski definition) is 1. The van der Waals surface area contributed by atoms with Gasteiger partial charge in [0.1, 0.15) is 0 Å². The number of carbonyl (C=O) groups is 1. The van der Waals surface area contributed by atoms with Crippen LogP contribution >= 0.6 is 0 Å². The second-order valence-electron chi connectivity index (χ2n) is 7.10. The van der Waals surface area contributed by atoms with Crippen LogP contribution in [0.2, 0.25) is 0 Å². The summed E-state index contributed by atoms with van der Waals surface area (Å²) in [4.78, 5) is 12.4. The summed E-state index contributed by atoms with van der Waals surface area (Å²) in [6.07, 6.45) is -2.38. The molecule has 0 spiro atoms. The molecule has 3 rings (SSSR count). The van der Waals surface area contributed by atoms with Crippen LogP contribution in [-0.4, -0.2) is 32.2 Å². The highest BCUT2D eigenvalue weighted by atomic mass is 32.2. The number of rotatable bonds is 9. The second kappa shape index (κ2) is 10.3. The number of benzene rings is 3. The smallest absolute Gasteiger partial charge is 0.309 e. The van der Waals surface area contributed by atoms with E-state index in [1.54, 1.807) is 12.1 Å². The van der Waals surface area contributed by atoms with Crippen molar-refractivity contribution in [2.75, 3.05) is 6.61 Å². The molecule has 7 heteroatoms. The van der Waals surface area contributed by atoms with Crippen molar-refractivity contribution in [3.8, 4) is 0 Å². The van der Waals surface area contributed by atoms with Crippen LogP contribution < -0.4 is 0 Å². The SMILES string of the molecule is Cc1ccc(S(=O)(=O)OCC(O)CC(=O)OC(c2ccccc2)c2ccccc2)cc1. The quantitative estimate of drug-likeness (QED) is 0.402. The van der Waals surface area contributed by atoms with Crippen LogP contribution in [0.1, 0.15) is 29.2 Å². The first kappa shape index (κ1) is 22.7. The molecule has 0 radical (unpaired) electrons. The molecule has 0 fully saturated rings. The summed E-state index contributed by atoms with van der Waals surface area (Å²) < 4.78 is 35.0. The monoisotopic (exact) mass is 440 g/mol. The van der Waals surface area contributed by atoms with Crippen LogP contribution in [0, 0.1) is 6.92 Å². The molecule has 1 N–H and O–H groups in total. The normalized spacial score (nSPS) is 12.5. The van der Waals surface area contributed by atoms with Gasteiger partial charge < -0.3 is 9.84 Å². The van der Waals surface area contributed by atoms with Gasteiger partial charge in [0.2, 0.25) is 0 Å². The molecule has 0 aromatic heterocycles. The molecule has 3 aromatic rings. The molecule has 0 heterocycles. The maximum absolute atomic E-state index is 12.5. The van der Waals surface area contributed by atoms with E-state index in [4.69, 9.17) is 8.92 Å². The first-order chi connectivity index (χ1) is 14.8. The predicted molar refractivity (Wildman–Crippen MR) is 116 cm³/mol. The van der Waals surface area contributed by atoms with Gasteiger partial charge in [-0.05, 0) is 30.2 Å². The lowest BCUT2D eigenvalue weighted by atomic mass is 10.0. The van der Waals surface area contributed by atoms with Gasteiger partial charge in [-0.3, -0.25) is 8.98 Å². The summed E-state index contributed by atoms with van der Waals surface area (Å²) in [5.41, 5.74) is 2.48. The van der Waals surface area contributed by atoms with Gasteiger partial charge in [0.25, 0.3) is 10.1 Å². The molecule has 0 aliphatic rings. The molecule has 6 nitrogen and oxygen atoms in total. The lowest BCUT2D eigenvalue weighted by Crippen LogP contribution is -2.24. The topological polar surface area (TPSA) is 89.9 Å². The Morgan fingerprint density at radius 3 is 1.90 bits per heavy atom. The van der Waals surface area contributed by atoms with E-state index in [9.17, 15) is 18.3 Å². The first-order valence-electron chi connectivity index (χ1n) is 9.79. The van der Waals surface area contributed by atoms with Gasteiger partial charge in [-0.2, -0.15) is 8.42 Å². The van der Waals surface area contributed by atoms with E-state index >= 15 is 0 Å². The Balaban J connectivity index is 1.61. The number of hydrogen-bond acceptors (Lipinski definition) is 6. The second-order valence-corrected chi connectivity index (χ2v) is 8.72. The number of aliphatic hydroxyl groups excluding tert-OH is 1. The first-order valence-corrected chi connectivity index (χ1v) is 11.2. The van der Waals surface area contributed by atoms with Gasteiger partial charge in [0.15, 0.2) is 6.10 Å². The summed E-state index contributed by atoms with van der Waals surface area (Å²) in [7, 11) is -4.03. The number of aliphatic hydroxyl groups is 1. The van der Waals surface area contributed by atoms with Crippen LogP contribution in [0.3, 0.4) is 0 Å². The Kier molecular flexibility index (Phi) is 7.57. The fourth-order valence-corrected chi connectivity index (χ4v) is 3.90. The summed E-state index contributed by atoms with van der Waals surface area (Å²) in [6, 6.07) is 24.6. The van der Waals surface area contributed by atoms with Crippen molar-refractivity contribution >= 4 is 16.1 Å². The largest absolute Gasteiger partial charge is 0.452 e. The minimum atomic E-state index is -4.03. The zero-order valence-electron chi connectivity index (χ0n) is 17.0. The van der Waals surface area contributed by atoms with Gasteiger partial charge in [0, 0.05) is 0 Å². The molecule has 0 saturated carbocycles. The maximum atomic E-state index is 12.5. The molecule has 162 valence electrons. The van der Waals surface area contributed by atoms with Crippen molar-refractivity contribution in [3.63, 3.8) is 0 Å². The van der Waals surface area contributed by atoms with E-state index in [0.717, 1.165) is 16.7 Å². The fourth-order valence-electron chi connectivity index (χ4n) is 2.96. The number of ether oxygens (including phenoxy) is 1. The van der Waals surface area contributed by atoms with E-state index in [0.29, 0.717) is 0 Å². The molecule has 0 bridgehead atoms. The third kappa shape index (κ3) is 6.49. The summed E-state index contributed by atoms with van der Waals surface area (Å²) in [5, 5.41) is 10.1. The lowest BCUT2D eigenvalue weighted by molar-refractivity contribution is -0.150. The Morgan fingerprint density at radius 1 is 0.871 bits per heavy atom. The number of esters is 1. The minimum Gasteiger partial charge on any atom is -0.452 e. The van der Waals surface area contributed by atoms with Crippen molar-refractivity contribution < 1.29 is 27.2 Å². The van der Waals surface area contributed by atoms with Gasteiger partial charge in [-0.15, -0.1) is 0 Å². The number of carbonyl (C=O) groups excluding carboxylic acids is 1. The highest BCUT2D eigenvalue weighted by Gasteiger charge is 2.23. The summed E-state index contributed by atoms with van der Waals surface area (Å²) in [6.45, 7) is 1.29. The third-order valence-corrected chi connectivity index (χ3v) is 5.88. The molecule has 3 aromatic carbocycles. The van der Waals surface area contributed by atoms with E-state index in [1.165, 1.54) is 12.1 Å². The van der Waals surface area contributed by atoms with Crippen LogP contribution in [0.15, 0.2) is 89.8 Å². The van der Waals surface area contributed by atoms with Gasteiger partial charge in [0.05, 0.1) is 24.0 Å². The van der Waals surface area contributed by atoms with Gasteiger partial charge >= 0.3 is 5.97 Å².